The van der Waals surface area contributed by atoms with Gasteiger partial charge >= 0.3 is 0 Å². The number of H-pyrrole nitrogens is 1. The molecule has 1 unspecified atom stereocenters. The van der Waals surface area contributed by atoms with Crippen LogP contribution in [0.5, 0.6) is 0 Å². The fourth-order valence-electron chi connectivity index (χ4n) is 2.12. The average molecular weight is 221 g/mol. The fourth-order valence-corrected chi connectivity index (χ4v) is 2.12. The molecule has 1 aromatic heterocycles. The maximum absolute atomic E-state index is 11.8. The summed E-state index contributed by atoms with van der Waals surface area (Å²) in [4.78, 5) is 19.1. The van der Waals surface area contributed by atoms with Crippen molar-refractivity contribution in [2.45, 2.75) is 38.5 Å². The Morgan fingerprint density at radius 3 is 2.88 bits per heavy atom. The first kappa shape index (κ1) is 11.3. The van der Waals surface area contributed by atoms with Crippen LogP contribution >= 0.6 is 0 Å². The van der Waals surface area contributed by atoms with Gasteiger partial charge in [-0.1, -0.05) is 13.8 Å². The van der Waals surface area contributed by atoms with Gasteiger partial charge in [0, 0.05) is 24.2 Å². The Labute approximate surface area is 95.5 Å². The standard InChI is InChI=1S/C12H19N3O/c1-8(2)10-7-14-11(15-12(10)16)9-4-3-5-13-6-9/h7-9,13H,3-6H2,1-2H3,(H,14,15,16). The van der Waals surface area contributed by atoms with Crippen LogP contribution in [0.4, 0.5) is 0 Å². The molecule has 2 rings (SSSR count). The van der Waals surface area contributed by atoms with E-state index in [2.05, 4.69) is 15.3 Å². The Morgan fingerprint density at radius 2 is 2.31 bits per heavy atom. The number of aromatic amines is 1. The minimum atomic E-state index is 0.0190. The lowest BCUT2D eigenvalue weighted by molar-refractivity contribution is 0.445. The van der Waals surface area contributed by atoms with Crippen molar-refractivity contribution in [3.63, 3.8) is 0 Å². The van der Waals surface area contributed by atoms with Gasteiger partial charge in [-0.3, -0.25) is 4.79 Å². The topological polar surface area (TPSA) is 57.8 Å². The SMILES string of the molecule is CC(C)c1cnc(C2CCCNC2)[nH]c1=O. The van der Waals surface area contributed by atoms with E-state index in [9.17, 15) is 4.79 Å². The van der Waals surface area contributed by atoms with E-state index >= 15 is 0 Å². The second kappa shape index (κ2) is 4.78. The Bertz CT molecular complexity index is 405. The third kappa shape index (κ3) is 2.32. The smallest absolute Gasteiger partial charge is 0.254 e. The summed E-state index contributed by atoms with van der Waals surface area (Å²) < 4.78 is 0. The molecule has 0 bridgehead atoms. The van der Waals surface area contributed by atoms with Gasteiger partial charge in [0.25, 0.3) is 5.56 Å². The zero-order chi connectivity index (χ0) is 11.5. The van der Waals surface area contributed by atoms with Gasteiger partial charge in [-0.15, -0.1) is 0 Å². The van der Waals surface area contributed by atoms with Gasteiger partial charge in [0.2, 0.25) is 0 Å². The van der Waals surface area contributed by atoms with E-state index in [1.165, 1.54) is 0 Å². The van der Waals surface area contributed by atoms with Crippen molar-refractivity contribution in [2.24, 2.45) is 0 Å². The first-order chi connectivity index (χ1) is 7.68. The first-order valence-corrected chi connectivity index (χ1v) is 5.98. The van der Waals surface area contributed by atoms with Crippen molar-refractivity contribution in [1.82, 2.24) is 15.3 Å². The predicted molar refractivity (Wildman–Crippen MR) is 63.8 cm³/mol. The molecule has 1 aliphatic heterocycles. The van der Waals surface area contributed by atoms with E-state index < -0.39 is 0 Å². The highest BCUT2D eigenvalue weighted by atomic mass is 16.1. The van der Waals surface area contributed by atoms with Crippen LogP contribution in [0.1, 0.15) is 49.9 Å². The van der Waals surface area contributed by atoms with Crippen molar-refractivity contribution in [3.8, 4) is 0 Å². The summed E-state index contributed by atoms with van der Waals surface area (Å²) in [6, 6.07) is 0. The Morgan fingerprint density at radius 1 is 1.50 bits per heavy atom. The molecule has 1 atom stereocenters. The number of hydrogen-bond acceptors (Lipinski definition) is 3. The van der Waals surface area contributed by atoms with Gasteiger partial charge in [0.15, 0.2) is 0 Å². The molecule has 0 aromatic carbocycles. The van der Waals surface area contributed by atoms with Crippen LogP contribution in [-0.4, -0.2) is 23.1 Å². The van der Waals surface area contributed by atoms with E-state index in [1.54, 1.807) is 6.20 Å². The second-order valence-corrected chi connectivity index (χ2v) is 4.75. The number of hydrogen-bond donors (Lipinski definition) is 2. The van der Waals surface area contributed by atoms with Gasteiger partial charge in [0.1, 0.15) is 5.82 Å². The molecule has 88 valence electrons. The van der Waals surface area contributed by atoms with Crippen LogP contribution < -0.4 is 10.9 Å². The number of nitrogens with one attached hydrogen (secondary N) is 2. The van der Waals surface area contributed by atoms with E-state index in [0.29, 0.717) is 5.92 Å². The number of rotatable bonds is 2. The van der Waals surface area contributed by atoms with Crippen molar-refractivity contribution < 1.29 is 0 Å². The molecule has 0 radical (unpaired) electrons. The van der Waals surface area contributed by atoms with E-state index in [-0.39, 0.29) is 11.5 Å². The van der Waals surface area contributed by atoms with Gasteiger partial charge in [0.05, 0.1) is 0 Å². The first-order valence-electron chi connectivity index (χ1n) is 5.98. The van der Waals surface area contributed by atoms with Crippen LogP contribution in [0.25, 0.3) is 0 Å². The molecule has 1 fully saturated rings. The predicted octanol–water partition coefficient (Wildman–Crippen LogP) is 1.36. The average Bonchev–Trinajstić information content (AvgIpc) is 2.29. The molecule has 2 N–H and O–H groups in total. The monoisotopic (exact) mass is 221 g/mol. The molecule has 1 saturated heterocycles. The fraction of sp³-hybridized carbons (Fsp3) is 0.667. The molecule has 16 heavy (non-hydrogen) atoms. The van der Waals surface area contributed by atoms with Gasteiger partial charge < -0.3 is 10.3 Å². The Balaban J connectivity index is 2.23. The molecule has 4 nitrogen and oxygen atoms in total. The summed E-state index contributed by atoms with van der Waals surface area (Å²) in [6.07, 6.45) is 3.99. The number of nitrogens with zero attached hydrogens (tertiary/aromatic N) is 1. The molecule has 0 saturated carbocycles. The number of aromatic nitrogens is 2. The zero-order valence-corrected chi connectivity index (χ0v) is 9.92. The van der Waals surface area contributed by atoms with Gasteiger partial charge in [-0.2, -0.15) is 0 Å². The van der Waals surface area contributed by atoms with Crippen LogP contribution in [0.3, 0.4) is 0 Å². The van der Waals surface area contributed by atoms with Crippen molar-refractivity contribution in [3.05, 3.63) is 27.9 Å². The van der Waals surface area contributed by atoms with Gasteiger partial charge in [-0.05, 0) is 25.3 Å². The van der Waals surface area contributed by atoms with Crippen molar-refractivity contribution >= 4 is 0 Å². The van der Waals surface area contributed by atoms with Crippen molar-refractivity contribution in [2.75, 3.05) is 13.1 Å². The number of piperidine rings is 1. The lowest BCUT2D eigenvalue weighted by Gasteiger charge is -2.21. The highest BCUT2D eigenvalue weighted by Gasteiger charge is 2.18. The summed E-state index contributed by atoms with van der Waals surface area (Å²) in [7, 11) is 0. The lowest BCUT2D eigenvalue weighted by atomic mass is 9.98. The molecular weight excluding hydrogens is 202 g/mol. The molecule has 4 heteroatoms. The molecular formula is C12H19N3O. The van der Waals surface area contributed by atoms with E-state index in [4.69, 9.17) is 0 Å². The van der Waals surface area contributed by atoms with E-state index in [0.717, 1.165) is 37.3 Å². The normalized spacial score (nSPS) is 21.3. The van der Waals surface area contributed by atoms with Crippen LogP contribution in [0.15, 0.2) is 11.0 Å². The van der Waals surface area contributed by atoms with Crippen LogP contribution in [-0.2, 0) is 0 Å². The lowest BCUT2D eigenvalue weighted by Crippen LogP contribution is -2.31. The quantitative estimate of drug-likeness (QED) is 0.792. The van der Waals surface area contributed by atoms with Crippen molar-refractivity contribution in [1.29, 1.82) is 0 Å². The van der Waals surface area contributed by atoms with Crippen LogP contribution in [0.2, 0.25) is 0 Å². The summed E-state index contributed by atoms with van der Waals surface area (Å²) in [6.45, 7) is 6.01. The summed E-state index contributed by atoms with van der Waals surface area (Å²) in [5.41, 5.74) is 0.790. The Kier molecular flexibility index (Phi) is 3.39. The third-order valence-electron chi connectivity index (χ3n) is 3.15. The molecule has 0 spiro atoms. The second-order valence-electron chi connectivity index (χ2n) is 4.75. The molecule has 1 aliphatic rings. The molecule has 2 heterocycles. The maximum atomic E-state index is 11.8. The molecule has 0 aliphatic carbocycles. The molecule has 1 aromatic rings. The zero-order valence-electron chi connectivity index (χ0n) is 9.92. The minimum Gasteiger partial charge on any atom is -0.316 e. The summed E-state index contributed by atoms with van der Waals surface area (Å²) >= 11 is 0. The van der Waals surface area contributed by atoms with E-state index in [1.807, 2.05) is 13.8 Å². The highest BCUT2D eigenvalue weighted by molar-refractivity contribution is 5.12. The maximum Gasteiger partial charge on any atom is 0.254 e. The summed E-state index contributed by atoms with van der Waals surface area (Å²) in [5.74, 6) is 1.43. The Hall–Kier alpha value is -1.16. The highest BCUT2D eigenvalue weighted by Crippen LogP contribution is 2.19. The summed E-state index contributed by atoms with van der Waals surface area (Å²) in [5, 5.41) is 3.33. The third-order valence-corrected chi connectivity index (χ3v) is 3.15. The van der Waals surface area contributed by atoms with Crippen LogP contribution in [0, 0.1) is 0 Å². The molecule has 0 amide bonds. The van der Waals surface area contributed by atoms with Gasteiger partial charge in [-0.25, -0.2) is 4.98 Å². The minimum absolute atomic E-state index is 0.0190. The largest absolute Gasteiger partial charge is 0.316 e.